The van der Waals surface area contributed by atoms with Gasteiger partial charge in [0.15, 0.2) is 0 Å². The van der Waals surface area contributed by atoms with Crippen LogP contribution in [0, 0.1) is 0 Å². The van der Waals surface area contributed by atoms with Crippen LogP contribution in [0.1, 0.15) is 110 Å². The van der Waals surface area contributed by atoms with Crippen molar-refractivity contribution in [2.75, 3.05) is 0 Å². The van der Waals surface area contributed by atoms with Gasteiger partial charge in [0.1, 0.15) is 18.4 Å². The van der Waals surface area contributed by atoms with Gasteiger partial charge in [0, 0.05) is 0 Å². The van der Waals surface area contributed by atoms with Crippen molar-refractivity contribution in [1.29, 1.82) is 0 Å². The molecule has 0 bridgehead atoms. The molecular formula is C24H43F3N2O2. The van der Waals surface area contributed by atoms with Crippen molar-refractivity contribution >= 4 is 5.97 Å². The minimum atomic E-state index is -5.19. The molecule has 1 aromatic heterocycles. The van der Waals surface area contributed by atoms with Gasteiger partial charge in [0.2, 0.25) is 6.33 Å². The molecule has 0 unspecified atom stereocenters. The first kappa shape index (κ1) is 29.5. The number of imidazole rings is 1. The van der Waals surface area contributed by atoms with Crippen LogP contribution in [-0.4, -0.2) is 16.7 Å². The number of carboxylic acid groups (broad SMARTS) is 1. The second kappa shape index (κ2) is 19.2. The van der Waals surface area contributed by atoms with Gasteiger partial charge in [-0.2, -0.15) is 13.2 Å². The number of alkyl halides is 3. The zero-order chi connectivity index (χ0) is 23.4. The first-order chi connectivity index (χ1) is 14.8. The van der Waals surface area contributed by atoms with E-state index in [4.69, 9.17) is 9.90 Å². The topological polar surface area (TPSA) is 48.9 Å². The number of unbranched alkanes of at least 4 members (excludes halogenated alkanes) is 15. The molecule has 0 saturated carbocycles. The average Bonchev–Trinajstić information content (AvgIpc) is 3.12. The van der Waals surface area contributed by atoms with Gasteiger partial charge >= 0.3 is 6.18 Å². The Balaban J connectivity index is 0.00000110. The maximum Gasteiger partial charge on any atom is 0.430 e. The van der Waals surface area contributed by atoms with E-state index in [0.29, 0.717) is 0 Å². The van der Waals surface area contributed by atoms with Crippen LogP contribution in [0.3, 0.4) is 0 Å². The van der Waals surface area contributed by atoms with E-state index in [1.165, 1.54) is 109 Å². The third-order valence-electron chi connectivity index (χ3n) is 5.33. The molecule has 0 amide bonds. The molecule has 0 aliphatic heterocycles. The lowest BCUT2D eigenvalue weighted by Gasteiger charge is -2.03. The summed E-state index contributed by atoms with van der Waals surface area (Å²) in [6.07, 6.45) is 24.3. The number of carboxylic acids is 1. The highest BCUT2D eigenvalue weighted by Crippen LogP contribution is 2.14. The van der Waals surface area contributed by atoms with Crippen LogP contribution in [0.2, 0.25) is 0 Å². The summed E-state index contributed by atoms with van der Waals surface area (Å²) in [5.74, 6) is -3.01. The number of halogens is 3. The Morgan fingerprint density at radius 2 is 1.16 bits per heavy atom. The van der Waals surface area contributed by atoms with Gasteiger partial charge in [-0.1, -0.05) is 96.8 Å². The smallest absolute Gasteiger partial charge is 0.430 e. The molecule has 0 saturated heterocycles. The number of rotatable bonds is 17. The number of nitrogens with zero attached hydrogens (tertiary/aromatic N) is 2. The molecule has 0 radical (unpaired) electrons. The molecule has 1 rings (SSSR count). The van der Waals surface area contributed by atoms with Crippen LogP contribution < -0.4 is 9.67 Å². The molecule has 1 aromatic rings. The highest BCUT2D eigenvalue weighted by molar-refractivity contribution is 5.70. The van der Waals surface area contributed by atoms with Crippen LogP contribution in [0.15, 0.2) is 18.7 Å². The standard InChI is InChI=1S/C22H43N2.C2HF3O2/c1-3-4-5-6-7-8-9-10-11-12-13-14-15-16-17-18-19-24-21-20-23(2)22-24;3-2(4,5)1(6)7/h20-22H,3-19H2,1-2H3;(H,6,7)/q+1;/p-1. The lowest BCUT2D eigenvalue weighted by atomic mass is 10.0. The molecule has 0 spiro atoms. The molecule has 0 fully saturated rings. The van der Waals surface area contributed by atoms with Gasteiger partial charge in [0.05, 0.1) is 13.6 Å². The summed E-state index contributed by atoms with van der Waals surface area (Å²) in [4.78, 5) is 8.78. The third-order valence-corrected chi connectivity index (χ3v) is 5.33. The highest BCUT2D eigenvalue weighted by atomic mass is 19.4. The van der Waals surface area contributed by atoms with E-state index in [-0.39, 0.29) is 0 Å². The van der Waals surface area contributed by atoms with E-state index in [1.807, 2.05) is 0 Å². The monoisotopic (exact) mass is 448 g/mol. The predicted octanol–water partition coefficient (Wildman–Crippen LogP) is 5.87. The number of aliphatic carboxylic acids is 1. The molecule has 0 atom stereocenters. The lowest BCUT2D eigenvalue weighted by molar-refractivity contribution is -0.671. The van der Waals surface area contributed by atoms with Crippen molar-refractivity contribution in [2.45, 2.75) is 122 Å². The highest BCUT2D eigenvalue weighted by Gasteiger charge is 2.28. The van der Waals surface area contributed by atoms with Crippen LogP contribution >= 0.6 is 0 Å². The molecule has 0 aromatic carbocycles. The molecule has 0 aliphatic rings. The number of carbonyl (C=O) groups excluding carboxylic acids is 1. The molecule has 7 heteroatoms. The largest absolute Gasteiger partial charge is 0.542 e. The van der Waals surface area contributed by atoms with Crippen molar-refractivity contribution in [3.8, 4) is 0 Å². The number of hydrogen-bond donors (Lipinski definition) is 0. The van der Waals surface area contributed by atoms with Gasteiger partial charge in [0.25, 0.3) is 0 Å². The summed E-state index contributed by atoms with van der Waals surface area (Å²) in [5, 5.41) is 8.78. The summed E-state index contributed by atoms with van der Waals surface area (Å²) >= 11 is 0. The van der Waals surface area contributed by atoms with Crippen molar-refractivity contribution < 1.29 is 27.6 Å². The summed E-state index contributed by atoms with van der Waals surface area (Å²) in [7, 11) is 2.09. The van der Waals surface area contributed by atoms with E-state index >= 15 is 0 Å². The average molecular weight is 449 g/mol. The van der Waals surface area contributed by atoms with Gasteiger partial charge in [-0.15, -0.1) is 0 Å². The Morgan fingerprint density at radius 3 is 1.45 bits per heavy atom. The van der Waals surface area contributed by atoms with Crippen LogP contribution in [-0.2, 0) is 18.4 Å². The maximum atomic E-state index is 10.5. The van der Waals surface area contributed by atoms with E-state index in [0.717, 1.165) is 0 Å². The Bertz CT molecular complexity index is 545. The molecule has 31 heavy (non-hydrogen) atoms. The summed E-state index contributed by atoms with van der Waals surface area (Å²) in [5.41, 5.74) is 0. The second-order valence-electron chi connectivity index (χ2n) is 8.41. The first-order valence-electron chi connectivity index (χ1n) is 12.1. The number of carbonyl (C=O) groups is 1. The third kappa shape index (κ3) is 20.1. The van der Waals surface area contributed by atoms with Gasteiger partial charge in [-0.3, -0.25) is 0 Å². The zero-order valence-corrected chi connectivity index (χ0v) is 19.6. The first-order valence-corrected chi connectivity index (χ1v) is 12.1. The van der Waals surface area contributed by atoms with E-state index in [1.54, 1.807) is 0 Å². The van der Waals surface area contributed by atoms with E-state index in [9.17, 15) is 13.2 Å². The summed E-state index contributed by atoms with van der Waals surface area (Å²) in [6, 6.07) is 0. The Labute approximate surface area is 186 Å². The molecular weight excluding hydrogens is 405 g/mol. The maximum absolute atomic E-state index is 10.5. The van der Waals surface area contributed by atoms with Gasteiger partial charge in [-0.05, 0) is 12.8 Å². The number of aryl methyl sites for hydroxylation is 2. The molecule has 182 valence electrons. The van der Waals surface area contributed by atoms with E-state index in [2.05, 4.69) is 41.8 Å². The zero-order valence-electron chi connectivity index (χ0n) is 19.6. The fourth-order valence-corrected chi connectivity index (χ4v) is 3.48. The predicted molar refractivity (Wildman–Crippen MR) is 116 cm³/mol. The van der Waals surface area contributed by atoms with Crippen LogP contribution in [0.25, 0.3) is 0 Å². The fraction of sp³-hybridized carbons (Fsp3) is 0.833. The van der Waals surface area contributed by atoms with Crippen molar-refractivity contribution in [3.05, 3.63) is 18.7 Å². The van der Waals surface area contributed by atoms with Crippen molar-refractivity contribution in [1.82, 2.24) is 4.57 Å². The van der Waals surface area contributed by atoms with E-state index < -0.39 is 12.1 Å². The fourth-order valence-electron chi connectivity index (χ4n) is 3.48. The SMILES string of the molecule is CCCCCCCCCCCCCCCCCCn1cc[n+](C)c1.O=C([O-])C(F)(F)F. The van der Waals surface area contributed by atoms with Crippen LogP contribution in [0.5, 0.6) is 0 Å². The minimum absolute atomic E-state index is 1.18. The summed E-state index contributed by atoms with van der Waals surface area (Å²) < 4.78 is 36.0. The minimum Gasteiger partial charge on any atom is -0.542 e. The van der Waals surface area contributed by atoms with Gasteiger partial charge < -0.3 is 9.90 Å². The second-order valence-corrected chi connectivity index (χ2v) is 8.41. The molecule has 1 heterocycles. The lowest BCUT2D eigenvalue weighted by Crippen LogP contribution is -2.37. The van der Waals surface area contributed by atoms with Crippen LogP contribution in [0.4, 0.5) is 13.2 Å². The quantitative estimate of drug-likeness (QED) is 0.221. The molecule has 4 nitrogen and oxygen atoms in total. The number of hydrogen-bond acceptors (Lipinski definition) is 2. The summed E-state index contributed by atoms with van der Waals surface area (Å²) in [6.45, 7) is 3.48. The Kier molecular flexibility index (Phi) is 18.2. The van der Waals surface area contributed by atoms with Gasteiger partial charge in [-0.25, -0.2) is 9.13 Å². The Morgan fingerprint density at radius 1 is 0.806 bits per heavy atom. The van der Waals surface area contributed by atoms with Crippen molar-refractivity contribution in [3.63, 3.8) is 0 Å². The molecule has 0 N–H and O–H groups in total. The molecule has 0 aliphatic carbocycles. The number of aromatic nitrogens is 2. The Hall–Kier alpha value is -1.53. The van der Waals surface area contributed by atoms with Crippen molar-refractivity contribution in [2.24, 2.45) is 7.05 Å². The normalized spacial score (nSPS) is 11.3.